The van der Waals surface area contributed by atoms with Gasteiger partial charge in [-0.25, -0.2) is 0 Å². The number of rotatable bonds is 2. The Kier molecular flexibility index (Phi) is 4.81. The molecule has 0 amide bonds. The van der Waals surface area contributed by atoms with Crippen LogP contribution in [0, 0.1) is 11.8 Å². The van der Waals surface area contributed by atoms with E-state index < -0.39 is 5.60 Å². The molecule has 118 valence electrons. The molecule has 1 unspecified atom stereocenters. The molecule has 1 fully saturated rings. The van der Waals surface area contributed by atoms with Crippen molar-refractivity contribution >= 4 is 0 Å². The van der Waals surface area contributed by atoms with Crippen molar-refractivity contribution in [3.63, 3.8) is 0 Å². The third kappa shape index (κ3) is 3.47. The minimum atomic E-state index is -1.25. The van der Waals surface area contributed by atoms with Crippen LogP contribution in [0.15, 0.2) is 60.7 Å². The summed E-state index contributed by atoms with van der Waals surface area (Å²) in [5.41, 5.74) is 0.402. The number of likely N-dealkylation sites (tertiary alicyclic amines) is 1. The molecule has 3 rings (SSSR count). The third-order valence-electron chi connectivity index (χ3n) is 4.72. The van der Waals surface area contributed by atoms with Gasteiger partial charge in [0.1, 0.15) is 6.04 Å². The molecule has 2 aromatic rings. The Hall–Kier alpha value is -2.08. The fourth-order valence-electron chi connectivity index (χ4n) is 3.23. The summed E-state index contributed by atoms with van der Waals surface area (Å²) in [4.78, 5) is 1.45. The average Bonchev–Trinajstić information content (AvgIpc) is 2.62. The first-order valence-electron chi connectivity index (χ1n) is 8.38. The highest BCUT2D eigenvalue weighted by Crippen LogP contribution is 2.28. The highest BCUT2D eigenvalue weighted by Gasteiger charge is 2.30. The minimum Gasteiger partial charge on any atom is -0.369 e. The fraction of sp³-hybridized carbons (Fsp3) is 0.333. The Bertz CT molecular complexity index is 645. The molecule has 2 nitrogen and oxygen atoms in total. The van der Waals surface area contributed by atoms with E-state index >= 15 is 0 Å². The fourth-order valence-corrected chi connectivity index (χ4v) is 3.23. The molecule has 2 atom stereocenters. The van der Waals surface area contributed by atoms with Gasteiger partial charge in [-0.05, 0) is 18.8 Å². The van der Waals surface area contributed by atoms with Crippen LogP contribution in [-0.2, 0) is 5.60 Å². The summed E-state index contributed by atoms with van der Waals surface area (Å²) in [6.45, 7) is 1.16. The van der Waals surface area contributed by atoms with Gasteiger partial charge in [-0.1, -0.05) is 66.6 Å². The van der Waals surface area contributed by atoms with Gasteiger partial charge in [0.05, 0.1) is 13.6 Å². The summed E-state index contributed by atoms with van der Waals surface area (Å²) in [5, 5.41) is 11.4. The molecule has 1 heterocycles. The quantitative estimate of drug-likeness (QED) is 0.815. The van der Waals surface area contributed by atoms with Crippen LogP contribution >= 0.6 is 0 Å². The summed E-state index contributed by atoms with van der Waals surface area (Å²) in [6, 6.07) is 19.8. The largest absolute Gasteiger partial charge is 0.369 e. The van der Waals surface area contributed by atoms with Crippen LogP contribution in [0.25, 0.3) is 0 Å². The molecule has 2 aromatic carbocycles. The van der Waals surface area contributed by atoms with Gasteiger partial charge in [0.2, 0.25) is 0 Å². The average molecular weight is 306 g/mol. The molecule has 0 radical (unpaired) electrons. The second kappa shape index (κ2) is 7.00. The Morgan fingerprint density at radius 3 is 2.04 bits per heavy atom. The van der Waals surface area contributed by atoms with Crippen molar-refractivity contribution in [1.29, 1.82) is 0 Å². The second-order valence-corrected chi connectivity index (χ2v) is 6.36. The van der Waals surface area contributed by atoms with Crippen LogP contribution < -0.4 is 4.90 Å². The van der Waals surface area contributed by atoms with E-state index in [0.29, 0.717) is 6.04 Å². The van der Waals surface area contributed by atoms with E-state index in [1.165, 1.54) is 17.7 Å². The molecular formula is C21H24NO+. The normalized spacial score (nSPS) is 21.3. The molecule has 1 saturated heterocycles. The summed E-state index contributed by atoms with van der Waals surface area (Å²) in [7, 11) is 2.20. The van der Waals surface area contributed by atoms with Crippen LogP contribution in [-0.4, -0.2) is 24.7 Å². The predicted molar refractivity (Wildman–Crippen MR) is 93.1 cm³/mol. The van der Waals surface area contributed by atoms with Crippen molar-refractivity contribution in [3.8, 4) is 11.8 Å². The number of benzene rings is 2. The van der Waals surface area contributed by atoms with Crippen LogP contribution in [0.2, 0.25) is 0 Å². The second-order valence-electron chi connectivity index (χ2n) is 6.36. The van der Waals surface area contributed by atoms with Gasteiger partial charge in [-0.15, -0.1) is 0 Å². The first-order chi connectivity index (χ1) is 11.2. The Morgan fingerprint density at radius 2 is 1.52 bits per heavy atom. The van der Waals surface area contributed by atoms with Crippen molar-refractivity contribution < 1.29 is 10.0 Å². The molecule has 23 heavy (non-hydrogen) atoms. The van der Waals surface area contributed by atoms with Crippen molar-refractivity contribution in [3.05, 3.63) is 71.8 Å². The van der Waals surface area contributed by atoms with E-state index in [4.69, 9.17) is 0 Å². The van der Waals surface area contributed by atoms with Gasteiger partial charge >= 0.3 is 0 Å². The SMILES string of the molecule is C[NH+]1CCCC[C@@H]1C#CC(O)(c1ccccc1)c1ccccc1. The van der Waals surface area contributed by atoms with Crippen LogP contribution in [0.1, 0.15) is 30.4 Å². The minimum absolute atomic E-state index is 0.308. The maximum absolute atomic E-state index is 11.4. The van der Waals surface area contributed by atoms with Gasteiger partial charge in [-0.3, -0.25) is 0 Å². The van der Waals surface area contributed by atoms with Crippen molar-refractivity contribution in [2.45, 2.75) is 30.9 Å². The molecule has 1 aliphatic rings. The molecule has 0 saturated carbocycles. The first-order valence-corrected chi connectivity index (χ1v) is 8.38. The summed E-state index contributed by atoms with van der Waals surface area (Å²) in [6.07, 6.45) is 3.61. The van der Waals surface area contributed by atoms with Gasteiger partial charge in [0.25, 0.3) is 0 Å². The summed E-state index contributed by atoms with van der Waals surface area (Å²) >= 11 is 0. The van der Waals surface area contributed by atoms with E-state index in [0.717, 1.165) is 24.1 Å². The van der Waals surface area contributed by atoms with E-state index in [-0.39, 0.29) is 0 Å². The lowest BCUT2D eigenvalue weighted by Gasteiger charge is -2.27. The highest BCUT2D eigenvalue weighted by molar-refractivity contribution is 5.44. The van der Waals surface area contributed by atoms with Gasteiger partial charge in [0.15, 0.2) is 5.60 Å². The summed E-state index contributed by atoms with van der Waals surface area (Å²) < 4.78 is 0. The number of nitrogens with one attached hydrogen (secondary N) is 1. The monoisotopic (exact) mass is 306 g/mol. The lowest BCUT2D eigenvalue weighted by Crippen LogP contribution is -3.13. The number of hydrogen-bond acceptors (Lipinski definition) is 1. The number of piperidine rings is 1. The van der Waals surface area contributed by atoms with E-state index in [1.54, 1.807) is 0 Å². The number of aliphatic hydroxyl groups is 1. The zero-order valence-corrected chi connectivity index (χ0v) is 13.6. The van der Waals surface area contributed by atoms with Crippen LogP contribution in [0.5, 0.6) is 0 Å². The highest BCUT2D eigenvalue weighted by atomic mass is 16.3. The maximum Gasteiger partial charge on any atom is 0.177 e. The Balaban J connectivity index is 2.00. The van der Waals surface area contributed by atoms with E-state index in [9.17, 15) is 5.11 Å². The predicted octanol–water partition coefficient (Wildman–Crippen LogP) is 1.99. The molecular weight excluding hydrogens is 282 g/mol. The molecule has 2 heteroatoms. The van der Waals surface area contributed by atoms with Crippen molar-refractivity contribution in [2.75, 3.05) is 13.6 Å². The lowest BCUT2D eigenvalue weighted by atomic mass is 9.86. The van der Waals surface area contributed by atoms with Crippen LogP contribution in [0.4, 0.5) is 0 Å². The molecule has 0 aliphatic carbocycles. The zero-order chi connectivity index (χ0) is 16.1. The molecule has 0 bridgehead atoms. The standard InChI is InChI=1S/C21H23NO/c1-22-17-9-8-14-20(22)15-16-21(23,18-10-4-2-5-11-18)19-12-6-3-7-13-19/h2-7,10-13,20,23H,8-9,14,17H2,1H3/p+1/t20-/m1/s1. The van der Waals surface area contributed by atoms with Crippen molar-refractivity contribution in [2.24, 2.45) is 0 Å². The Morgan fingerprint density at radius 1 is 0.957 bits per heavy atom. The van der Waals surface area contributed by atoms with Crippen molar-refractivity contribution in [1.82, 2.24) is 0 Å². The zero-order valence-electron chi connectivity index (χ0n) is 13.6. The number of quaternary nitrogens is 1. The van der Waals surface area contributed by atoms with Gasteiger partial charge in [0, 0.05) is 17.5 Å². The van der Waals surface area contributed by atoms with Gasteiger partial charge in [-0.2, -0.15) is 0 Å². The third-order valence-corrected chi connectivity index (χ3v) is 4.72. The van der Waals surface area contributed by atoms with Gasteiger partial charge < -0.3 is 10.0 Å². The molecule has 0 aromatic heterocycles. The first kappa shape index (κ1) is 15.8. The topological polar surface area (TPSA) is 24.7 Å². The maximum atomic E-state index is 11.4. The smallest absolute Gasteiger partial charge is 0.177 e. The molecule has 0 spiro atoms. The lowest BCUT2D eigenvalue weighted by molar-refractivity contribution is -0.902. The molecule has 1 aliphatic heterocycles. The number of hydrogen-bond donors (Lipinski definition) is 2. The van der Waals surface area contributed by atoms with E-state index in [1.807, 2.05) is 60.7 Å². The van der Waals surface area contributed by atoms with E-state index in [2.05, 4.69) is 18.9 Å². The Labute approximate surface area is 138 Å². The molecule has 2 N–H and O–H groups in total. The summed E-state index contributed by atoms with van der Waals surface area (Å²) in [5.74, 6) is 6.59. The van der Waals surface area contributed by atoms with Crippen LogP contribution in [0.3, 0.4) is 0 Å².